The fourth-order valence-corrected chi connectivity index (χ4v) is 3.48. The van der Waals surface area contributed by atoms with Gasteiger partial charge in [-0.3, -0.25) is 0 Å². The minimum atomic E-state index is -0.251. The molecule has 0 radical (unpaired) electrons. The summed E-state index contributed by atoms with van der Waals surface area (Å²) in [6, 6.07) is 0.262. The first-order valence-corrected chi connectivity index (χ1v) is 7.93. The van der Waals surface area contributed by atoms with Crippen molar-refractivity contribution in [1.82, 2.24) is 9.80 Å². The van der Waals surface area contributed by atoms with Gasteiger partial charge in [0.15, 0.2) is 0 Å². The van der Waals surface area contributed by atoms with Crippen molar-refractivity contribution in [2.45, 2.75) is 45.1 Å². The molecule has 0 aromatic heterocycles. The number of methoxy groups -OCH3 is 1. The van der Waals surface area contributed by atoms with Gasteiger partial charge in [0.05, 0.1) is 13.7 Å². The molecule has 2 amide bonds. The van der Waals surface area contributed by atoms with Crippen LogP contribution in [0.3, 0.4) is 0 Å². The van der Waals surface area contributed by atoms with Gasteiger partial charge in [-0.05, 0) is 44.9 Å². The van der Waals surface area contributed by atoms with Gasteiger partial charge in [-0.1, -0.05) is 0 Å². The third kappa shape index (κ3) is 3.80. The molecule has 0 spiro atoms. The third-order valence-corrected chi connectivity index (χ3v) is 4.57. The van der Waals surface area contributed by atoms with Crippen molar-refractivity contribution in [1.29, 1.82) is 0 Å². The average molecular weight is 298 g/mol. The van der Waals surface area contributed by atoms with Crippen molar-refractivity contribution in [3.8, 4) is 0 Å². The Labute approximate surface area is 126 Å². The monoisotopic (exact) mass is 298 g/mol. The highest BCUT2D eigenvalue weighted by molar-refractivity contribution is 5.68. The quantitative estimate of drug-likeness (QED) is 0.786. The van der Waals surface area contributed by atoms with Crippen LogP contribution in [0, 0.1) is 5.92 Å². The SMILES string of the molecule is CCOC(=O)N1CCCCC1C1CCN(C(=O)OC)CC1. The number of piperidine rings is 2. The number of nitrogens with zero attached hydrogens (tertiary/aromatic N) is 2. The number of likely N-dealkylation sites (tertiary alicyclic amines) is 2. The molecule has 0 N–H and O–H groups in total. The first-order valence-electron chi connectivity index (χ1n) is 7.93. The molecular weight excluding hydrogens is 272 g/mol. The molecule has 2 heterocycles. The van der Waals surface area contributed by atoms with Gasteiger partial charge >= 0.3 is 12.2 Å². The predicted molar refractivity (Wildman–Crippen MR) is 78.1 cm³/mol. The fraction of sp³-hybridized carbons (Fsp3) is 0.867. The Hall–Kier alpha value is -1.46. The highest BCUT2D eigenvalue weighted by Gasteiger charge is 2.36. The molecule has 6 heteroatoms. The molecule has 1 atom stereocenters. The second kappa shape index (κ2) is 7.52. The second-order valence-electron chi connectivity index (χ2n) is 5.75. The number of rotatable bonds is 2. The van der Waals surface area contributed by atoms with Crippen molar-refractivity contribution in [3.05, 3.63) is 0 Å². The minimum absolute atomic E-state index is 0.183. The Bertz CT molecular complexity index is 367. The molecule has 0 aromatic rings. The topological polar surface area (TPSA) is 59.1 Å². The van der Waals surface area contributed by atoms with E-state index in [0.29, 0.717) is 25.6 Å². The molecule has 0 aliphatic carbocycles. The summed E-state index contributed by atoms with van der Waals surface area (Å²) >= 11 is 0. The van der Waals surface area contributed by atoms with Crippen LogP contribution in [-0.4, -0.2) is 61.4 Å². The van der Waals surface area contributed by atoms with Gasteiger partial charge in [-0.15, -0.1) is 0 Å². The molecular formula is C15H26N2O4. The summed E-state index contributed by atoms with van der Waals surface area (Å²) in [5.41, 5.74) is 0. The normalized spacial score (nSPS) is 23.8. The highest BCUT2D eigenvalue weighted by Crippen LogP contribution is 2.31. The minimum Gasteiger partial charge on any atom is -0.453 e. The van der Waals surface area contributed by atoms with E-state index >= 15 is 0 Å². The lowest BCUT2D eigenvalue weighted by molar-refractivity contribution is 0.0396. The van der Waals surface area contributed by atoms with Crippen molar-refractivity contribution < 1.29 is 19.1 Å². The number of carbonyl (C=O) groups excluding carboxylic acids is 2. The molecule has 0 saturated carbocycles. The number of carbonyl (C=O) groups is 2. The molecule has 2 fully saturated rings. The van der Waals surface area contributed by atoms with Gasteiger partial charge in [0.1, 0.15) is 0 Å². The van der Waals surface area contributed by atoms with Crippen LogP contribution in [0.5, 0.6) is 0 Å². The summed E-state index contributed by atoms with van der Waals surface area (Å²) < 4.78 is 9.95. The van der Waals surface area contributed by atoms with Gasteiger partial charge in [0, 0.05) is 25.7 Å². The van der Waals surface area contributed by atoms with E-state index < -0.39 is 0 Å². The van der Waals surface area contributed by atoms with Crippen molar-refractivity contribution in [3.63, 3.8) is 0 Å². The number of ether oxygens (including phenoxy) is 2. The Morgan fingerprint density at radius 1 is 1.05 bits per heavy atom. The molecule has 2 aliphatic heterocycles. The van der Waals surface area contributed by atoms with E-state index in [0.717, 1.165) is 38.6 Å². The molecule has 21 heavy (non-hydrogen) atoms. The van der Waals surface area contributed by atoms with Gasteiger partial charge < -0.3 is 19.3 Å². The zero-order chi connectivity index (χ0) is 15.2. The van der Waals surface area contributed by atoms with E-state index in [4.69, 9.17) is 9.47 Å². The Morgan fingerprint density at radius 2 is 1.76 bits per heavy atom. The Morgan fingerprint density at radius 3 is 2.38 bits per heavy atom. The standard InChI is InChI=1S/C15H26N2O4/c1-3-21-15(19)17-9-5-4-6-13(17)12-7-10-16(11-8-12)14(18)20-2/h12-13H,3-11H2,1-2H3. The third-order valence-electron chi connectivity index (χ3n) is 4.57. The maximum atomic E-state index is 12.1. The Balaban J connectivity index is 1.93. The van der Waals surface area contributed by atoms with E-state index in [-0.39, 0.29) is 18.2 Å². The predicted octanol–water partition coefficient (Wildman–Crippen LogP) is 2.48. The zero-order valence-electron chi connectivity index (χ0n) is 13.0. The number of hydrogen-bond donors (Lipinski definition) is 0. The largest absolute Gasteiger partial charge is 0.453 e. The number of amides is 2. The maximum absolute atomic E-state index is 12.1. The summed E-state index contributed by atoms with van der Waals surface area (Å²) in [4.78, 5) is 27.3. The molecule has 2 aliphatic rings. The van der Waals surface area contributed by atoms with Crippen molar-refractivity contribution in [2.75, 3.05) is 33.4 Å². The molecule has 6 nitrogen and oxygen atoms in total. The second-order valence-corrected chi connectivity index (χ2v) is 5.75. The lowest BCUT2D eigenvalue weighted by atomic mass is 9.84. The van der Waals surface area contributed by atoms with Crippen LogP contribution in [0.15, 0.2) is 0 Å². The van der Waals surface area contributed by atoms with E-state index in [9.17, 15) is 9.59 Å². The summed E-state index contributed by atoms with van der Waals surface area (Å²) in [5.74, 6) is 0.454. The van der Waals surface area contributed by atoms with Crippen LogP contribution < -0.4 is 0 Å². The first-order chi connectivity index (χ1) is 10.2. The fourth-order valence-electron chi connectivity index (χ4n) is 3.48. The lowest BCUT2D eigenvalue weighted by Gasteiger charge is -2.42. The average Bonchev–Trinajstić information content (AvgIpc) is 2.54. The summed E-state index contributed by atoms with van der Waals surface area (Å²) in [6.45, 7) is 4.48. The smallest absolute Gasteiger partial charge is 0.410 e. The van der Waals surface area contributed by atoms with Gasteiger partial charge in [-0.2, -0.15) is 0 Å². The summed E-state index contributed by atoms with van der Waals surface area (Å²) in [6.07, 6.45) is 4.68. The van der Waals surface area contributed by atoms with Crippen LogP contribution in [-0.2, 0) is 9.47 Å². The van der Waals surface area contributed by atoms with E-state index in [2.05, 4.69) is 0 Å². The molecule has 2 saturated heterocycles. The molecule has 0 aromatic carbocycles. The van der Waals surface area contributed by atoms with Crippen LogP contribution in [0.2, 0.25) is 0 Å². The van der Waals surface area contributed by atoms with Crippen LogP contribution in [0.25, 0.3) is 0 Å². The van der Waals surface area contributed by atoms with Gasteiger partial charge in [0.2, 0.25) is 0 Å². The van der Waals surface area contributed by atoms with Gasteiger partial charge in [0.25, 0.3) is 0 Å². The van der Waals surface area contributed by atoms with E-state index in [1.165, 1.54) is 7.11 Å². The Kier molecular flexibility index (Phi) is 5.70. The molecule has 1 unspecified atom stereocenters. The lowest BCUT2D eigenvalue weighted by Crippen LogP contribution is -2.51. The summed E-state index contributed by atoms with van der Waals surface area (Å²) in [7, 11) is 1.41. The van der Waals surface area contributed by atoms with Crippen LogP contribution in [0.1, 0.15) is 39.0 Å². The first kappa shape index (κ1) is 15.9. The molecule has 120 valence electrons. The van der Waals surface area contributed by atoms with Crippen molar-refractivity contribution >= 4 is 12.2 Å². The van der Waals surface area contributed by atoms with Crippen LogP contribution >= 0.6 is 0 Å². The maximum Gasteiger partial charge on any atom is 0.410 e. The number of hydrogen-bond acceptors (Lipinski definition) is 4. The van der Waals surface area contributed by atoms with Gasteiger partial charge in [-0.25, -0.2) is 9.59 Å². The van der Waals surface area contributed by atoms with E-state index in [1.807, 2.05) is 11.8 Å². The zero-order valence-corrected chi connectivity index (χ0v) is 13.0. The molecule has 2 rings (SSSR count). The summed E-state index contributed by atoms with van der Waals surface area (Å²) in [5, 5.41) is 0. The molecule has 0 bridgehead atoms. The van der Waals surface area contributed by atoms with E-state index in [1.54, 1.807) is 4.90 Å². The highest BCUT2D eigenvalue weighted by atomic mass is 16.6. The van der Waals surface area contributed by atoms with Crippen LogP contribution in [0.4, 0.5) is 9.59 Å². The van der Waals surface area contributed by atoms with Crippen molar-refractivity contribution in [2.24, 2.45) is 5.92 Å².